The zero-order valence-electron chi connectivity index (χ0n) is 9.02. The Bertz CT molecular complexity index is 499. The molecule has 4 heteroatoms. The van der Waals surface area contributed by atoms with Crippen molar-refractivity contribution >= 4 is 17.5 Å². The van der Waals surface area contributed by atoms with E-state index in [1.54, 1.807) is 19.1 Å². The maximum Gasteiger partial charge on any atom is 0.258 e. The van der Waals surface area contributed by atoms with Crippen LogP contribution in [0.1, 0.15) is 11.1 Å². The minimum Gasteiger partial charge on any atom is -0.505 e. The Morgan fingerprint density at radius 2 is 1.62 bits per heavy atom. The van der Waals surface area contributed by atoms with Crippen molar-refractivity contribution in [1.82, 2.24) is 0 Å². The number of phenols is 1. The molecule has 82 valence electrons. The highest BCUT2D eigenvalue weighted by Crippen LogP contribution is 2.33. The molecule has 0 aromatic heterocycles. The summed E-state index contributed by atoms with van der Waals surface area (Å²) >= 11 is 0. The van der Waals surface area contributed by atoms with Gasteiger partial charge >= 0.3 is 0 Å². The van der Waals surface area contributed by atoms with E-state index in [0.717, 1.165) is 10.5 Å². The summed E-state index contributed by atoms with van der Waals surface area (Å²) in [5, 5.41) is 9.84. The van der Waals surface area contributed by atoms with Crippen LogP contribution < -0.4 is 4.90 Å². The zero-order chi connectivity index (χ0) is 11.9. The minimum atomic E-state index is -0.426. The summed E-state index contributed by atoms with van der Waals surface area (Å²) in [6, 6.07) is 3.41. The van der Waals surface area contributed by atoms with Gasteiger partial charge in [0, 0.05) is 12.2 Å². The van der Waals surface area contributed by atoms with Crippen molar-refractivity contribution in [3.63, 3.8) is 0 Å². The molecule has 1 aromatic carbocycles. The molecule has 0 bridgehead atoms. The van der Waals surface area contributed by atoms with E-state index in [1.165, 1.54) is 12.2 Å². The van der Waals surface area contributed by atoms with Crippen LogP contribution in [0, 0.1) is 13.8 Å². The fourth-order valence-electron chi connectivity index (χ4n) is 1.75. The van der Waals surface area contributed by atoms with Gasteiger partial charge < -0.3 is 5.11 Å². The molecule has 1 N–H and O–H groups in total. The number of rotatable bonds is 1. The maximum absolute atomic E-state index is 11.5. The molecule has 0 aliphatic carbocycles. The third-order valence-corrected chi connectivity index (χ3v) is 2.47. The van der Waals surface area contributed by atoms with Gasteiger partial charge in [-0.15, -0.1) is 0 Å². The molecular weight excluding hydrogens is 206 g/mol. The van der Waals surface area contributed by atoms with Gasteiger partial charge in [-0.3, -0.25) is 9.59 Å². The van der Waals surface area contributed by atoms with E-state index in [2.05, 4.69) is 0 Å². The van der Waals surface area contributed by atoms with Gasteiger partial charge in [0.1, 0.15) is 5.75 Å². The number of carbonyl (C=O) groups excluding carboxylic acids is 2. The molecule has 1 aliphatic heterocycles. The number of phenolic OH excluding ortho intramolecular Hbond substituents is 1. The molecule has 0 radical (unpaired) electrons. The van der Waals surface area contributed by atoms with Crippen LogP contribution in [0.4, 0.5) is 5.69 Å². The molecule has 4 nitrogen and oxygen atoms in total. The van der Waals surface area contributed by atoms with E-state index in [4.69, 9.17) is 0 Å². The lowest BCUT2D eigenvalue weighted by atomic mass is 10.1. The molecule has 2 rings (SSSR count). The predicted molar refractivity (Wildman–Crippen MR) is 59.2 cm³/mol. The molecule has 0 atom stereocenters. The van der Waals surface area contributed by atoms with E-state index in [1.807, 2.05) is 6.92 Å². The first kappa shape index (κ1) is 10.4. The van der Waals surface area contributed by atoms with Crippen molar-refractivity contribution in [3.8, 4) is 5.75 Å². The number of aryl methyl sites for hydroxylation is 2. The number of imide groups is 1. The second kappa shape index (κ2) is 3.48. The van der Waals surface area contributed by atoms with E-state index in [9.17, 15) is 14.7 Å². The van der Waals surface area contributed by atoms with Crippen molar-refractivity contribution < 1.29 is 14.7 Å². The van der Waals surface area contributed by atoms with Gasteiger partial charge in [-0.25, -0.2) is 4.90 Å². The first-order chi connectivity index (χ1) is 7.50. The first-order valence-electron chi connectivity index (χ1n) is 4.87. The van der Waals surface area contributed by atoms with Gasteiger partial charge in [-0.05, 0) is 31.0 Å². The van der Waals surface area contributed by atoms with Gasteiger partial charge in [-0.1, -0.05) is 6.07 Å². The number of carbonyl (C=O) groups is 2. The SMILES string of the molecule is Cc1cc(C)c(O)c(N2C(=O)C=CC2=O)c1. The van der Waals surface area contributed by atoms with E-state index < -0.39 is 11.8 Å². The molecule has 0 saturated heterocycles. The Kier molecular flexibility index (Phi) is 2.27. The molecule has 16 heavy (non-hydrogen) atoms. The smallest absolute Gasteiger partial charge is 0.258 e. The van der Waals surface area contributed by atoms with Gasteiger partial charge in [0.15, 0.2) is 0 Å². The highest BCUT2D eigenvalue weighted by molar-refractivity contribution is 6.28. The molecule has 0 unspecified atom stereocenters. The van der Waals surface area contributed by atoms with Crippen molar-refractivity contribution in [2.45, 2.75) is 13.8 Å². The molecule has 1 aromatic rings. The molecule has 0 spiro atoms. The zero-order valence-corrected chi connectivity index (χ0v) is 9.02. The average Bonchev–Trinajstić information content (AvgIpc) is 2.53. The average molecular weight is 217 g/mol. The van der Waals surface area contributed by atoms with Crippen LogP contribution in [-0.4, -0.2) is 16.9 Å². The summed E-state index contributed by atoms with van der Waals surface area (Å²) in [6.45, 7) is 3.57. The summed E-state index contributed by atoms with van der Waals surface area (Å²) in [7, 11) is 0. The molecule has 0 saturated carbocycles. The number of amides is 2. The van der Waals surface area contributed by atoms with Crippen molar-refractivity contribution in [2.24, 2.45) is 0 Å². The van der Waals surface area contributed by atoms with Gasteiger partial charge in [0.2, 0.25) is 0 Å². The largest absolute Gasteiger partial charge is 0.505 e. The van der Waals surface area contributed by atoms with E-state index in [-0.39, 0.29) is 11.4 Å². The Morgan fingerprint density at radius 1 is 1.06 bits per heavy atom. The lowest BCUT2D eigenvalue weighted by Gasteiger charge is -2.17. The molecule has 2 amide bonds. The summed E-state index contributed by atoms with van der Waals surface area (Å²) in [4.78, 5) is 23.9. The second-order valence-electron chi connectivity index (χ2n) is 3.79. The summed E-state index contributed by atoms with van der Waals surface area (Å²) in [6.07, 6.45) is 2.39. The van der Waals surface area contributed by atoms with Crippen molar-refractivity contribution in [1.29, 1.82) is 0 Å². The number of hydrogen-bond donors (Lipinski definition) is 1. The molecule has 0 fully saturated rings. The van der Waals surface area contributed by atoms with Crippen LogP contribution in [0.25, 0.3) is 0 Å². The molecular formula is C12H11NO3. The summed E-state index contributed by atoms with van der Waals surface area (Å²) in [5.74, 6) is -0.883. The Balaban J connectivity index is 2.56. The normalized spacial score (nSPS) is 15.0. The van der Waals surface area contributed by atoms with Crippen LogP contribution in [0.15, 0.2) is 24.3 Å². The number of hydrogen-bond acceptors (Lipinski definition) is 3. The highest BCUT2D eigenvalue weighted by Gasteiger charge is 2.27. The summed E-state index contributed by atoms with van der Waals surface area (Å²) < 4.78 is 0. The topological polar surface area (TPSA) is 57.6 Å². The van der Waals surface area contributed by atoms with Gasteiger partial charge in [0.05, 0.1) is 5.69 Å². The van der Waals surface area contributed by atoms with Crippen molar-refractivity contribution in [3.05, 3.63) is 35.4 Å². The van der Waals surface area contributed by atoms with Crippen molar-refractivity contribution in [2.75, 3.05) is 4.90 Å². The lowest BCUT2D eigenvalue weighted by Crippen LogP contribution is -2.29. The fraction of sp³-hybridized carbons (Fsp3) is 0.167. The number of aromatic hydroxyl groups is 1. The van der Waals surface area contributed by atoms with Crippen LogP contribution in [-0.2, 0) is 9.59 Å². The van der Waals surface area contributed by atoms with Gasteiger partial charge in [-0.2, -0.15) is 0 Å². The van der Waals surface area contributed by atoms with E-state index in [0.29, 0.717) is 5.56 Å². The standard InChI is InChI=1S/C12H11NO3/c1-7-5-8(2)12(16)9(6-7)13-10(14)3-4-11(13)15/h3-6,16H,1-2H3. The predicted octanol–water partition coefficient (Wildman–Crippen LogP) is 1.44. The third-order valence-electron chi connectivity index (χ3n) is 2.47. The molecule has 1 heterocycles. The first-order valence-corrected chi connectivity index (χ1v) is 4.87. The Hall–Kier alpha value is -2.10. The quantitative estimate of drug-likeness (QED) is 0.724. The maximum atomic E-state index is 11.5. The highest BCUT2D eigenvalue weighted by atomic mass is 16.3. The van der Waals surface area contributed by atoms with Crippen LogP contribution >= 0.6 is 0 Å². The monoisotopic (exact) mass is 217 g/mol. The second-order valence-corrected chi connectivity index (χ2v) is 3.79. The van der Waals surface area contributed by atoms with Crippen LogP contribution in [0.3, 0.4) is 0 Å². The third kappa shape index (κ3) is 1.48. The minimum absolute atomic E-state index is 0.0315. The Morgan fingerprint density at radius 3 is 2.19 bits per heavy atom. The number of benzene rings is 1. The number of nitrogens with zero attached hydrogens (tertiary/aromatic N) is 1. The fourth-order valence-corrected chi connectivity index (χ4v) is 1.75. The van der Waals surface area contributed by atoms with Crippen LogP contribution in [0.5, 0.6) is 5.75 Å². The molecule has 1 aliphatic rings. The Labute approximate surface area is 92.8 Å². The summed E-state index contributed by atoms with van der Waals surface area (Å²) in [5.41, 5.74) is 1.78. The van der Waals surface area contributed by atoms with Crippen LogP contribution in [0.2, 0.25) is 0 Å². The lowest BCUT2D eigenvalue weighted by molar-refractivity contribution is -0.120. The van der Waals surface area contributed by atoms with E-state index >= 15 is 0 Å². The van der Waals surface area contributed by atoms with Gasteiger partial charge in [0.25, 0.3) is 11.8 Å². The number of anilines is 1.